The average Bonchev–Trinajstić information content (AvgIpc) is 2.51. The van der Waals surface area contributed by atoms with E-state index in [0.29, 0.717) is 11.3 Å². The van der Waals surface area contributed by atoms with Crippen LogP contribution in [0.5, 0.6) is 5.75 Å². The summed E-state index contributed by atoms with van der Waals surface area (Å²) >= 11 is 0. The summed E-state index contributed by atoms with van der Waals surface area (Å²) in [5.41, 5.74) is 9.71. The molecule has 5 heteroatoms. The van der Waals surface area contributed by atoms with Gasteiger partial charge < -0.3 is 10.5 Å². The SMILES string of the molecule is Cc1cccc(OC/C(N)=N/NC(=O)c2ccccc2)c1. The molecule has 2 rings (SSSR count). The van der Waals surface area contributed by atoms with Crippen molar-refractivity contribution in [3.63, 3.8) is 0 Å². The maximum atomic E-state index is 11.8. The number of nitrogens with zero attached hydrogens (tertiary/aromatic N) is 1. The van der Waals surface area contributed by atoms with Crippen molar-refractivity contribution in [1.29, 1.82) is 0 Å². The maximum Gasteiger partial charge on any atom is 0.271 e. The highest BCUT2D eigenvalue weighted by Crippen LogP contribution is 2.11. The van der Waals surface area contributed by atoms with Gasteiger partial charge in [0, 0.05) is 5.56 Å². The van der Waals surface area contributed by atoms with Crippen LogP contribution in [0.3, 0.4) is 0 Å². The predicted octanol–water partition coefficient (Wildman–Crippen LogP) is 2.08. The molecule has 0 atom stereocenters. The Bertz CT molecular complexity index is 639. The number of ether oxygens (including phenoxy) is 1. The number of hydrogen-bond donors (Lipinski definition) is 2. The van der Waals surface area contributed by atoms with E-state index in [1.165, 1.54) is 0 Å². The lowest BCUT2D eigenvalue weighted by Gasteiger charge is -2.06. The average molecular weight is 283 g/mol. The Morgan fingerprint density at radius 1 is 1.19 bits per heavy atom. The van der Waals surface area contributed by atoms with Gasteiger partial charge in [0.2, 0.25) is 0 Å². The molecule has 0 bridgehead atoms. The van der Waals surface area contributed by atoms with Crippen molar-refractivity contribution in [2.24, 2.45) is 10.8 Å². The molecule has 1 amide bonds. The zero-order chi connectivity index (χ0) is 15.1. The first-order valence-electron chi connectivity index (χ1n) is 6.52. The third kappa shape index (κ3) is 4.65. The van der Waals surface area contributed by atoms with Crippen molar-refractivity contribution in [2.45, 2.75) is 6.92 Å². The molecule has 0 aromatic heterocycles. The van der Waals surface area contributed by atoms with E-state index in [-0.39, 0.29) is 18.3 Å². The highest BCUT2D eigenvalue weighted by molar-refractivity contribution is 5.95. The molecule has 0 aliphatic carbocycles. The number of benzene rings is 2. The Morgan fingerprint density at radius 2 is 1.95 bits per heavy atom. The Balaban J connectivity index is 1.86. The second-order valence-corrected chi connectivity index (χ2v) is 4.52. The van der Waals surface area contributed by atoms with Crippen LogP contribution in [0, 0.1) is 6.92 Å². The van der Waals surface area contributed by atoms with Gasteiger partial charge in [-0.1, -0.05) is 30.3 Å². The van der Waals surface area contributed by atoms with Crippen molar-refractivity contribution < 1.29 is 9.53 Å². The van der Waals surface area contributed by atoms with Crippen molar-refractivity contribution >= 4 is 11.7 Å². The summed E-state index contributed by atoms with van der Waals surface area (Å²) < 4.78 is 5.48. The molecule has 0 spiro atoms. The number of hydrazone groups is 1. The fourth-order valence-electron chi connectivity index (χ4n) is 1.67. The van der Waals surface area contributed by atoms with Crippen LogP contribution in [0.25, 0.3) is 0 Å². The van der Waals surface area contributed by atoms with E-state index in [2.05, 4.69) is 10.5 Å². The van der Waals surface area contributed by atoms with E-state index in [0.717, 1.165) is 5.56 Å². The van der Waals surface area contributed by atoms with E-state index in [4.69, 9.17) is 10.5 Å². The van der Waals surface area contributed by atoms with Gasteiger partial charge in [-0.3, -0.25) is 4.79 Å². The van der Waals surface area contributed by atoms with Crippen LogP contribution in [0.4, 0.5) is 0 Å². The first kappa shape index (κ1) is 14.6. The molecular formula is C16H17N3O2. The summed E-state index contributed by atoms with van der Waals surface area (Å²) in [5.74, 6) is 0.595. The number of carbonyl (C=O) groups excluding carboxylic acids is 1. The number of hydrogen-bond acceptors (Lipinski definition) is 3. The van der Waals surface area contributed by atoms with Gasteiger partial charge in [-0.05, 0) is 36.8 Å². The van der Waals surface area contributed by atoms with Crippen molar-refractivity contribution in [2.75, 3.05) is 6.61 Å². The van der Waals surface area contributed by atoms with E-state index in [1.807, 2.05) is 37.3 Å². The molecule has 2 aromatic rings. The smallest absolute Gasteiger partial charge is 0.271 e. The number of nitrogens with one attached hydrogen (secondary N) is 1. The molecule has 0 unspecified atom stereocenters. The third-order valence-electron chi connectivity index (χ3n) is 2.71. The van der Waals surface area contributed by atoms with Gasteiger partial charge in [-0.15, -0.1) is 0 Å². The van der Waals surface area contributed by atoms with Crippen LogP contribution in [0.1, 0.15) is 15.9 Å². The lowest BCUT2D eigenvalue weighted by atomic mass is 10.2. The minimum absolute atomic E-state index is 0.110. The Hall–Kier alpha value is -2.82. The van der Waals surface area contributed by atoms with Crippen LogP contribution in [-0.2, 0) is 0 Å². The van der Waals surface area contributed by atoms with Gasteiger partial charge in [-0.2, -0.15) is 5.10 Å². The molecule has 0 radical (unpaired) electrons. The molecule has 2 aromatic carbocycles. The van der Waals surface area contributed by atoms with E-state index in [9.17, 15) is 4.79 Å². The zero-order valence-electron chi connectivity index (χ0n) is 11.7. The van der Waals surface area contributed by atoms with Gasteiger partial charge in [0.1, 0.15) is 12.4 Å². The summed E-state index contributed by atoms with van der Waals surface area (Å²) in [6.45, 7) is 2.09. The highest BCUT2D eigenvalue weighted by atomic mass is 16.5. The fourth-order valence-corrected chi connectivity index (χ4v) is 1.67. The van der Waals surface area contributed by atoms with Crippen LogP contribution in [0.2, 0.25) is 0 Å². The van der Waals surface area contributed by atoms with Gasteiger partial charge >= 0.3 is 0 Å². The third-order valence-corrected chi connectivity index (χ3v) is 2.71. The minimum atomic E-state index is -0.311. The molecular weight excluding hydrogens is 266 g/mol. The molecule has 0 saturated carbocycles. The Kier molecular flexibility index (Phi) is 4.93. The number of carbonyl (C=O) groups is 1. The van der Waals surface area contributed by atoms with Gasteiger partial charge in [0.05, 0.1) is 0 Å². The number of amides is 1. The van der Waals surface area contributed by atoms with Crippen molar-refractivity contribution in [1.82, 2.24) is 5.43 Å². The molecule has 0 aliphatic heterocycles. The number of nitrogens with two attached hydrogens (primary N) is 1. The van der Waals surface area contributed by atoms with Gasteiger partial charge in [0.25, 0.3) is 5.91 Å². The summed E-state index contributed by atoms with van der Waals surface area (Å²) in [6.07, 6.45) is 0. The van der Waals surface area contributed by atoms with Crippen molar-refractivity contribution in [3.05, 3.63) is 65.7 Å². The van der Waals surface area contributed by atoms with Crippen LogP contribution >= 0.6 is 0 Å². The summed E-state index contributed by atoms with van der Waals surface area (Å²) in [4.78, 5) is 11.8. The molecule has 0 saturated heterocycles. The molecule has 108 valence electrons. The van der Waals surface area contributed by atoms with E-state index >= 15 is 0 Å². The number of amidine groups is 1. The monoisotopic (exact) mass is 283 g/mol. The Labute approximate surface area is 123 Å². The van der Waals surface area contributed by atoms with Crippen LogP contribution in [0.15, 0.2) is 59.7 Å². The summed E-state index contributed by atoms with van der Waals surface area (Å²) in [6, 6.07) is 16.4. The molecule has 3 N–H and O–H groups in total. The Morgan fingerprint density at radius 3 is 2.67 bits per heavy atom. The van der Waals surface area contributed by atoms with Crippen molar-refractivity contribution in [3.8, 4) is 5.75 Å². The van der Waals surface area contributed by atoms with E-state index in [1.54, 1.807) is 24.3 Å². The quantitative estimate of drug-likeness (QED) is 0.501. The van der Waals surface area contributed by atoms with Gasteiger partial charge in [-0.25, -0.2) is 5.43 Å². The minimum Gasteiger partial charge on any atom is -0.486 e. The molecule has 5 nitrogen and oxygen atoms in total. The zero-order valence-corrected chi connectivity index (χ0v) is 11.7. The predicted molar refractivity (Wildman–Crippen MR) is 82.2 cm³/mol. The molecule has 0 fully saturated rings. The largest absolute Gasteiger partial charge is 0.486 e. The van der Waals surface area contributed by atoms with Gasteiger partial charge in [0.15, 0.2) is 5.84 Å². The molecule has 0 heterocycles. The molecule has 21 heavy (non-hydrogen) atoms. The number of rotatable bonds is 5. The van der Waals surface area contributed by atoms with E-state index < -0.39 is 0 Å². The lowest BCUT2D eigenvalue weighted by molar-refractivity contribution is 0.0954. The van der Waals surface area contributed by atoms with Crippen LogP contribution < -0.4 is 15.9 Å². The standard InChI is InChI=1S/C16H17N3O2/c1-12-6-5-9-14(10-12)21-11-15(17)18-19-16(20)13-7-3-2-4-8-13/h2-10H,11H2,1H3,(H2,17,18)(H,19,20). The molecule has 0 aliphatic rings. The first-order valence-corrected chi connectivity index (χ1v) is 6.52. The maximum absolute atomic E-state index is 11.8. The topological polar surface area (TPSA) is 76.7 Å². The van der Waals surface area contributed by atoms with Crippen LogP contribution in [-0.4, -0.2) is 18.3 Å². The number of aryl methyl sites for hydroxylation is 1. The summed E-state index contributed by atoms with van der Waals surface area (Å²) in [7, 11) is 0. The highest BCUT2D eigenvalue weighted by Gasteiger charge is 2.03. The summed E-state index contributed by atoms with van der Waals surface area (Å²) in [5, 5.41) is 3.81. The second kappa shape index (κ2) is 7.09. The fraction of sp³-hybridized carbons (Fsp3) is 0.125. The second-order valence-electron chi connectivity index (χ2n) is 4.52. The normalized spacial score (nSPS) is 11.0. The first-order chi connectivity index (χ1) is 10.1. The lowest BCUT2D eigenvalue weighted by Crippen LogP contribution is -2.27.